The van der Waals surface area contributed by atoms with E-state index < -0.39 is 23.9 Å². The van der Waals surface area contributed by atoms with Gasteiger partial charge in [-0.25, -0.2) is 4.90 Å². The van der Waals surface area contributed by atoms with Crippen molar-refractivity contribution in [1.29, 1.82) is 0 Å². The quantitative estimate of drug-likeness (QED) is 0.793. The van der Waals surface area contributed by atoms with Crippen LogP contribution in [0.1, 0.15) is 18.1 Å². The van der Waals surface area contributed by atoms with Crippen LogP contribution in [0.5, 0.6) is 0 Å². The van der Waals surface area contributed by atoms with Crippen molar-refractivity contribution in [3.05, 3.63) is 59.7 Å². The van der Waals surface area contributed by atoms with Crippen molar-refractivity contribution in [2.75, 3.05) is 16.8 Å². The van der Waals surface area contributed by atoms with E-state index in [9.17, 15) is 14.4 Å². The number of rotatable bonds is 5. The summed E-state index contributed by atoms with van der Waals surface area (Å²) in [7, 11) is 0. The molecule has 2 aliphatic heterocycles. The van der Waals surface area contributed by atoms with Gasteiger partial charge in [0.05, 0.1) is 5.69 Å². The minimum atomic E-state index is -0.916. The summed E-state index contributed by atoms with van der Waals surface area (Å²) in [5.74, 6) is -1.17. The molecular formula is C21H21N5O3. The van der Waals surface area contributed by atoms with Crippen molar-refractivity contribution >= 4 is 29.1 Å². The monoisotopic (exact) mass is 391 g/mol. The number of hydrogen-bond donors (Lipinski definition) is 1. The predicted molar refractivity (Wildman–Crippen MR) is 107 cm³/mol. The van der Waals surface area contributed by atoms with Gasteiger partial charge in [0.2, 0.25) is 5.91 Å². The number of amides is 3. The first-order chi connectivity index (χ1) is 14.0. The van der Waals surface area contributed by atoms with E-state index in [1.807, 2.05) is 38.1 Å². The van der Waals surface area contributed by atoms with Crippen molar-refractivity contribution in [1.82, 2.24) is 5.01 Å². The lowest BCUT2D eigenvalue weighted by Gasteiger charge is -2.20. The Balaban J connectivity index is 1.47. The molecule has 148 valence electrons. The van der Waals surface area contributed by atoms with Crippen molar-refractivity contribution in [3.8, 4) is 0 Å². The number of anilines is 2. The lowest BCUT2D eigenvalue weighted by atomic mass is 10.1. The van der Waals surface area contributed by atoms with E-state index in [0.29, 0.717) is 11.4 Å². The Morgan fingerprint density at radius 1 is 1.03 bits per heavy atom. The van der Waals surface area contributed by atoms with Crippen molar-refractivity contribution in [2.45, 2.75) is 32.4 Å². The maximum absolute atomic E-state index is 13.0. The molecule has 2 aliphatic rings. The van der Waals surface area contributed by atoms with E-state index in [4.69, 9.17) is 0 Å². The van der Waals surface area contributed by atoms with Gasteiger partial charge >= 0.3 is 0 Å². The summed E-state index contributed by atoms with van der Waals surface area (Å²) in [4.78, 5) is 39.2. The zero-order chi connectivity index (χ0) is 20.5. The summed E-state index contributed by atoms with van der Waals surface area (Å²) >= 11 is 0. The number of nitrogens with one attached hydrogen (secondary N) is 1. The third-order valence-corrected chi connectivity index (χ3v) is 5.10. The Labute approximate surface area is 168 Å². The number of carbonyl (C=O) groups is 3. The zero-order valence-electron chi connectivity index (χ0n) is 16.2. The van der Waals surface area contributed by atoms with Crippen molar-refractivity contribution < 1.29 is 14.4 Å². The maximum atomic E-state index is 13.0. The SMILES string of the molecule is CCc1ccc(N2C(=O)C3N=NN(CC(=O)Nc4ccc(C)cc4)C3C2=O)cc1. The van der Waals surface area contributed by atoms with Gasteiger partial charge in [0.15, 0.2) is 12.1 Å². The smallest absolute Gasteiger partial charge is 0.263 e. The van der Waals surface area contributed by atoms with Gasteiger partial charge in [0.25, 0.3) is 11.8 Å². The van der Waals surface area contributed by atoms with Crippen LogP contribution in [0.15, 0.2) is 58.9 Å². The van der Waals surface area contributed by atoms with E-state index in [-0.39, 0.29) is 12.5 Å². The third-order valence-electron chi connectivity index (χ3n) is 5.10. The molecule has 0 bridgehead atoms. The number of carbonyl (C=O) groups excluding carboxylic acids is 3. The van der Waals surface area contributed by atoms with Gasteiger partial charge in [0.1, 0.15) is 6.54 Å². The predicted octanol–water partition coefficient (Wildman–Crippen LogP) is 2.49. The highest BCUT2D eigenvalue weighted by Crippen LogP contribution is 2.31. The maximum Gasteiger partial charge on any atom is 0.263 e. The lowest BCUT2D eigenvalue weighted by molar-refractivity contribution is -0.123. The molecule has 8 nitrogen and oxygen atoms in total. The van der Waals surface area contributed by atoms with Crippen LogP contribution < -0.4 is 10.2 Å². The molecule has 2 unspecified atom stereocenters. The molecule has 1 fully saturated rings. The first kappa shape index (κ1) is 18.8. The number of imide groups is 1. The normalized spacial score (nSPS) is 20.3. The van der Waals surface area contributed by atoms with Crippen molar-refractivity contribution in [3.63, 3.8) is 0 Å². The summed E-state index contributed by atoms with van der Waals surface area (Å²) in [6.07, 6.45) is 0.867. The van der Waals surface area contributed by atoms with Crippen molar-refractivity contribution in [2.24, 2.45) is 10.3 Å². The summed E-state index contributed by atoms with van der Waals surface area (Å²) < 4.78 is 0. The second-order valence-electron chi connectivity index (χ2n) is 7.14. The molecule has 1 saturated heterocycles. The minimum Gasteiger partial charge on any atom is -0.324 e. The van der Waals surface area contributed by atoms with Gasteiger partial charge in [-0.15, -0.1) is 0 Å². The van der Waals surface area contributed by atoms with E-state index in [1.165, 1.54) is 5.01 Å². The summed E-state index contributed by atoms with van der Waals surface area (Å²) in [5.41, 5.74) is 3.36. The molecule has 2 atom stereocenters. The average Bonchev–Trinajstić information content (AvgIpc) is 3.23. The fourth-order valence-electron chi connectivity index (χ4n) is 3.47. The van der Waals surface area contributed by atoms with Crippen LogP contribution in [0.25, 0.3) is 0 Å². The Morgan fingerprint density at radius 2 is 1.72 bits per heavy atom. The van der Waals surface area contributed by atoms with Gasteiger partial charge in [-0.2, -0.15) is 5.11 Å². The van der Waals surface area contributed by atoms with Gasteiger partial charge in [-0.3, -0.25) is 19.4 Å². The second-order valence-corrected chi connectivity index (χ2v) is 7.14. The molecule has 0 saturated carbocycles. The van der Waals surface area contributed by atoms with Crippen LogP contribution in [0, 0.1) is 6.92 Å². The molecule has 0 aliphatic carbocycles. The van der Waals surface area contributed by atoms with Crippen LogP contribution >= 0.6 is 0 Å². The molecular weight excluding hydrogens is 370 g/mol. The molecule has 3 amide bonds. The van der Waals surface area contributed by atoms with E-state index in [2.05, 4.69) is 15.7 Å². The molecule has 4 rings (SSSR count). The highest BCUT2D eigenvalue weighted by Gasteiger charge is 2.55. The van der Waals surface area contributed by atoms with Gasteiger partial charge in [-0.1, -0.05) is 42.0 Å². The molecule has 8 heteroatoms. The molecule has 1 N–H and O–H groups in total. The van der Waals surface area contributed by atoms with E-state index in [0.717, 1.165) is 22.4 Å². The van der Waals surface area contributed by atoms with Crippen LogP contribution in [0.4, 0.5) is 11.4 Å². The Kier molecular flexibility index (Phi) is 4.84. The first-order valence-electron chi connectivity index (χ1n) is 9.48. The minimum absolute atomic E-state index is 0.166. The molecule has 29 heavy (non-hydrogen) atoms. The first-order valence-corrected chi connectivity index (χ1v) is 9.48. The number of benzene rings is 2. The Morgan fingerprint density at radius 3 is 2.38 bits per heavy atom. The van der Waals surface area contributed by atoms with Gasteiger partial charge < -0.3 is 5.32 Å². The van der Waals surface area contributed by atoms with Crippen LogP contribution in [-0.4, -0.2) is 41.4 Å². The molecule has 0 spiro atoms. The molecule has 0 radical (unpaired) electrons. The topological polar surface area (TPSA) is 94.4 Å². The molecule has 2 aromatic rings. The van der Waals surface area contributed by atoms with Gasteiger partial charge in [-0.05, 0) is 43.2 Å². The standard InChI is InChI=1S/C21H21N5O3/c1-3-14-6-10-16(11-7-14)26-20(28)18-19(21(26)29)25(24-23-18)12-17(27)22-15-8-4-13(2)5-9-15/h4-11,18-19H,3,12H2,1-2H3,(H,22,27). The number of nitrogens with zero attached hydrogens (tertiary/aromatic N) is 4. The van der Waals surface area contributed by atoms with Crippen LogP contribution in [0.3, 0.4) is 0 Å². The zero-order valence-corrected chi connectivity index (χ0v) is 16.2. The highest BCUT2D eigenvalue weighted by atomic mass is 16.2. The van der Waals surface area contributed by atoms with Gasteiger partial charge in [0, 0.05) is 5.69 Å². The average molecular weight is 391 g/mol. The molecule has 2 heterocycles. The second kappa shape index (κ2) is 7.46. The molecule has 2 aromatic carbocycles. The van der Waals surface area contributed by atoms with E-state index in [1.54, 1.807) is 24.3 Å². The number of fused-ring (bicyclic) bond motifs is 1. The van der Waals surface area contributed by atoms with E-state index >= 15 is 0 Å². The number of hydrogen-bond acceptors (Lipinski definition) is 6. The highest BCUT2D eigenvalue weighted by molar-refractivity contribution is 6.25. The van der Waals surface area contributed by atoms with Crippen LogP contribution in [0.2, 0.25) is 0 Å². The fourth-order valence-corrected chi connectivity index (χ4v) is 3.47. The summed E-state index contributed by atoms with van der Waals surface area (Å²) in [5, 5.41) is 11.9. The Hall–Kier alpha value is -3.55. The fraction of sp³-hybridized carbons (Fsp3) is 0.286. The third kappa shape index (κ3) is 3.49. The molecule has 0 aromatic heterocycles. The summed E-state index contributed by atoms with van der Waals surface area (Å²) in [6, 6.07) is 12.8. The Bertz CT molecular complexity index is 984. The van der Waals surface area contributed by atoms with Crippen LogP contribution in [-0.2, 0) is 20.8 Å². The largest absolute Gasteiger partial charge is 0.324 e. The number of aryl methyl sites for hydroxylation is 2. The summed E-state index contributed by atoms with van der Waals surface area (Å²) in [6.45, 7) is 3.83. The lowest BCUT2D eigenvalue weighted by Crippen LogP contribution is -2.43.